The van der Waals surface area contributed by atoms with E-state index in [0.29, 0.717) is 36.7 Å². The number of pyridine rings is 1. The molecule has 28 heavy (non-hydrogen) atoms. The molecule has 0 aliphatic carbocycles. The molecule has 0 fully saturated rings. The molecule has 3 heterocycles. The molecule has 0 saturated carbocycles. The molecule has 2 aromatic heterocycles. The maximum Gasteiger partial charge on any atom is 0.253 e. The lowest BCUT2D eigenvalue weighted by atomic mass is 10.1. The number of oxazole rings is 1. The highest BCUT2D eigenvalue weighted by atomic mass is 16.4. The minimum absolute atomic E-state index is 0.00416. The molecule has 0 saturated heterocycles. The minimum Gasteiger partial charge on any atom is -0.439 e. The van der Waals surface area contributed by atoms with E-state index in [1.165, 1.54) is 0 Å². The Hall–Kier alpha value is -2.69. The van der Waals surface area contributed by atoms with Gasteiger partial charge in [0.2, 0.25) is 5.89 Å². The summed E-state index contributed by atoms with van der Waals surface area (Å²) in [6.07, 6.45) is 6.78. The molecule has 0 aromatic carbocycles. The number of allylic oxidation sites excluding steroid dienone is 1. The quantitative estimate of drug-likeness (QED) is 0.516. The van der Waals surface area contributed by atoms with Gasteiger partial charge >= 0.3 is 0 Å². The third-order valence-corrected chi connectivity index (χ3v) is 4.04. The van der Waals surface area contributed by atoms with E-state index >= 15 is 0 Å². The molecular weight excluding hydrogens is 350 g/mol. The van der Waals surface area contributed by atoms with Crippen molar-refractivity contribution in [2.24, 2.45) is 0 Å². The highest BCUT2D eigenvalue weighted by Crippen LogP contribution is 2.26. The van der Waals surface area contributed by atoms with E-state index in [4.69, 9.17) is 4.42 Å². The van der Waals surface area contributed by atoms with Crippen LogP contribution in [0, 0.1) is 6.92 Å². The van der Waals surface area contributed by atoms with Gasteiger partial charge in [0.25, 0.3) is 5.91 Å². The Balaban J connectivity index is 0.000000921. The van der Waals surface area contributed by atoms with Crippen molar-refractivity contribution in [1.82, 2.24) is 14.9 Å². The first kappa shape index (κ1) is 23.3. The monoisotopic (exact) mass is 383 g/mol. The predicted molar refractivity (Wildman–Crippen MR) is 115 cm³/mol. The second kappa shape index (κ2) is 11.9. The number of fused-ring (bicyclic) bond motifs is 1. The lowest BCUT2D eigenvalue weighted by Crippen LogP contribution is -2.36. The van der Waals surface area contributed by atoms with Crippen LogP contribution in [0.5, 0.6) is 0 Å². The Morgan fingerprint density at radius 2 is 2.00 bits per heavy atom. The molecule has 3 rings (SSSR count). The first-order valence-corrected chi connectivity index (χ1v) is 10.2. The minimum atomic E-state index is -0.00416. The lowest BCUT2D eigenvalue weighted by Gasteiger charge is -2.25. The first-order chi connectivity index (χ1) is 13.6. The fraction of sp³-hybridized carbons (Fsp3) is 0.435. The third kappa shape index (κ3) is 5.65. The van der Waals surface area contributed by atoms with Crippen LogP contribution in [0.15, 0.2) is 47.1 Å². The number of aryl methyl sites for hydroxylation is 1. The summed E-state index contributed by atoms with van der Waals surface area (Å²) in [5.41, 5.74) is 3.26. The van der Waals surface area contributed by atoms with Gasteiger partial charge in [0, 0.05) is 24.7 Å². The highest BCUT2D eigenvalue weighted by molar-refractivity contribution is 5.96. The molecule has 0 spiro atoms. The fourth-order valence-corrected chi connectivity index (χ4v) is 2.74. The number of hydrogen-bond acceptors (Lipinski definition) is 4. The van der Waals surface area contributed by atoms with Crippen molar-refractivity contribution >= 4 is 5.91 Å². The van der Waals surface area contributed by atoms with Crippen LogP contribution in [0.1, 0.15) is 58.1 Å². The van der Waals surface area contributed by atoms with E-state index in [1.807, 2.05) is 59.8 Å². The fourth-order valence-electron chi connectivity index (χ4n) is 2.74. The average Bonchev–Trinajstić information content (AvgIpc) is 3.18. The Morgan fingerprint density at radius 3 is 2.57 bits per heavy atom. The van der Waals surface area contributed by atoms with Gasteiger partial charge in [-0.3, -0.25) is 9.78 Å². The SMILES string of the molecule is C=C/C(=C\CC)C(=O)N1CCc2oc(-c3ccc(C)cn3)nc2C1.CC.CC. The van der Waals surface area contributed by atoms with Crippen LogP contribution in [0.3, 0.4) is 0 Å². The molecule has 0 atom stereocenters. The van der Waals surface area contributed by atoms with Crippen LogP contribution < -0.4 is 0 Å². The molecular formula is C23H33N3O2. The van der Waals surface area contributed by atoms with Crippen molar-refractivity contribution in [2.45, 2.75) is 60.9 Å². The standard InChI is InChI=1S/C19H21N3O2.2C2H6/c1-4-6-14(5-2)19(23)22-10-9-17-16(12-22)21-18(24-17)15-8-7-13(3)11-20-15;2*1-2/h5-8,11H,2,4,9-10,12H2,1,3H3;2*1-2H3/b14-6+;;. The third-order valence-electron chi connectivity index (χ3n) is 4.04. The molecule has 0 N–H and O–H groups in total. The number of carbonyl (C=O) groups excluding carboxylic acids is 1. The summed E-state index contributed by atoms with van der Waals surface area (Å²) in [7, 11) is 0. The Bertz CT molecular complexity index is 789. The van der Waals surface area contributed by atoms with Crippen LogP contribution in [-0.2, 0) is 17.8 Å². The van der Waals surface area contributed by atoms with Gasteiger partial charge in [-0.1, -0.05) is 59.4 Å². The summed E-state index contributed by atoms with van der Waals surface area (Å²) in [6.45, 7) is 16.8. The van der Waals surface area contributed by atoms with Gasteiger partial charge < -0.3 is 9.32 Å². The Kier molecular flexibility index (Phi) is 9.93. The van der Waals surface area contributed by atoms with Gasteiger partial charge in [-0.05, 0) is 25.0 Å². The second-order valence-electron chi connectivity index (χ2n) is 5.86. The molecule has 5 nitrogen and oxygen atoms in total. The Morgan fingerprint density at radius 1 is 1.29 bits per heavy atom. The largest absolute Gasteiger partial charge is 0.439 e. The van der Waals surface area contributed by atoms with Gasteiger partial charge in [-0.25, -0.2) is 4.98 Å². The number of hydrogen-bond donors (Lipinski definition) is 0. The number of nitrogens with zero attached hydrogens (tertiary/aromatic N) is 3. The average molecular weight is 384 g/mol. The van der Waals surface area contributed by atoms with E-state index in [9.17, 15) is 4.79 Å². The molecule has 2 aromatic rings. The van der Waals surface area contributed by atoms with E-state index in [0.717, 1.165) is 23.4 Å². The van der Waals surface area contributed by atoms with Crippen LogP contribution in [-0.4, -0.2) is 27.3 Å². The zero-order valence-corrected chi connectivity index (χ0v) is 18.1. The van der Waals surface area contributed by atoms with Crippen LogP contribution in [0.4, 0.5) is 0 Å². The number of aromatic nitrogens is 2. The summed E-state index contributed by atoms with van der Waals surface area (Å²) in [5, 5.41) is 0. The van der Waals surface area contributed by atoms with Crippen molar-refractivity contribution < 1.29 is 9.21 Å². The number of rotatable bonds is 4. The molecule has 5 heteroatoms. The molecule has 1 amide bonds. The van der Waals surface area contributed by atoms with Gasteiger partial charge in [0.15, 0.2) is 0 Å². The molecule has 0 radical (unpaired) electrons. The van der Waals surface area contributed by atoms with E-state index in [1.54, 1.807) is 17.2 Å². The van der Waals surface area contributed by atoms with E-state index in [2.05, 4.69) is 16.5 Å². The predicted octanol–water partition coefficient (Wildman–Crippen LogP) is 5.50. The molecule has 0 bridgehead atoms. The van der Waals surface area contributed by atoms with Gasteiger partial charge in [-0.2, -0.15) is 0 Å². The first-order valence-electron chi connectivity index (χ1n) is 10.2. The van der Waals surface area contributed by atoms with Crippen molar-refractivity contribution in [3.8, 4) is 11.6 Å². The summed E-state index contributed by atoms with van der Waals surface area (Å²) < 4.78 is 5.85. The summed E-state index contributed by atoms with van der Waals surface area (Å²) in [4.78, 5) is 23.2. The zero-order valence-electron chi connectivity index (χ0n) is 18.1. The van der Waals surface area contributed by atoms with Gasteiger partial charge in [0.1, 0.15) is 17.1 Å². The van der Waals surface area contributed by atoms with Crippen molar-refractivity contribution in [3.05, 3.63) is 59.7 Å². The maximum absolute atomic E-state index is 12.6. The van der Waals surface area contributed by atoms with E-state index < -0.39 is 0 Å². The molecule has 1 aliphatic rings. The van der Waals surface area contributed by atoms with Crippen molar-refractivity contribution in [1.29, 1.82) is 0 Å². The van der Waals surface area contributed by atoms with Crippen molar-refractivity contribution in [2.75, 3.05) is 6.54 Å². The summed E-state index contributed by atoms with van der Waals surface area (Å²) >= 11 is 0. The smallest absolute Gasteiger partial charge is 0.253 e. The highest BCUT2D eigenvalue weighted by Gasteiger charge is 2.26. The van der Waals surface area contributed by atoms with Crippen LogP contribution in [0.25, 0.3) is 11.6 Å². The zero-order chi connectivity index (χ0) is 21.1. The van der Waals surface area contributed by atoms with Crippen molar-refractivity contribution in [3.63, 3.8) is 0 Å². The van der Waals surface area contributed by atoms with Gasteiger partial charge in [-0.15, -0.1) is 0 Å². The maximum atomic E-state index is 12.6. The van der Waals surface area contributed by atoms with E-state index in [-0.39, 0.29) is 5.91 Å². The lowest BCUT2D eigenvalue weighted by molar-refractivity contribution is -0.127. The van der Waals surface area contributed by atoms with Crippen LogP contribution in [0.2, 0.25) is 0 Å². The molecule has 152 valence electrons. The molecule has 0 unspecified atom stereocenters. The normalized spacial score (nSPS) is 12.8. The van der Waals surface area contributed by atoms with Gasteiger partial charge in [0.05, 0.1) is 6.54 Å². The summed E-state index contributed by atoms with van der Waals surface area (Å²) in [5.74, 6) is 1.36. The number of carbonyl (C=O) groups is 1. The number of amides is 1. The Labute approximate surface area is 169 Å². The topological polar surface area (TPSA) is 59.2 Å². The van der Waals surface area contributed by atoms with Crippen LogP contribution >= 0.6 is 0 Å². The second-order valence-corrected chi connectivity index (χ2v) is 5.86. The summed E-state index contributed by atoms with van der Waals surface area (Å²) in [6, 6.07) is 3.88. The molecule has 1 aliphatic heterocycles.